The van der Waals surface area contributed by atoms with E-state index >= 15 is 0 Å². The van der Waals surface area contributed by atoms with Gasteiger partial charge in [0.2, 0.25) is 0 Å². The fourth-order valence-corrected chi connectivity index (χ4v) is 5.06. The van der Waals surface area contributed by atoms with Crippen LogP contribution in [0.15, 0.2) is 16.3 Å². The molecule has 0 fully saturated rings. The largest absolute Gasteiger partial charge is 0.383 e. The number of aryl methyl sites for hydroxylation is 1. The van der Waals surface area contributed by atoms with E-state index in [0.717, 1.165) is 44.9 Å². The van der Waals surface area contributed by atoms with E-state index in [1.54, 1.807) is 23.1 Å². The number of nitrogens with zero attached hydrogens (tertiary/aromatic N) is 2. The number of fused-ring (bicyclic) bond motifs is 3. The fraction of sp³-hybridized carbons (Fsp3) is 0.467. The molecule has 0 saturated heterocycles. The Hall–Kier alpha value is -0.780. The maximum Gasteiger partial charge on any atom is 0.191 e. The van der Waals surface area contributed by atoms with Crippen LogP contribution in [0.4, 0.5) is 5.82 Å². The van der Waals surface area contributed by atoms with Crippen molar-refractivity contribution in [3.63, 3.8) is 0 Å². The van der Waals surface area contributed by atoms with Gasteiger partial charge in [-0.2, -0.15) is 0 Å². The van der Waals surface area contributed by atoms with Crippen LogP contribution < -0.4 is 5.73 Å². The van der Waals surface area contributed by atoms with Crippen LogP contribution in [0.5, 0.6) is 0 Å². The zero-order chi connectivity index (χ0) is 15.0. The summed E-state index contributed by atoms with van der Waals surface area (Å²) in [7, 11) is 0. The number of rotatable bonds is 3. The normalized spacial score (nSPS) is 19.0. The van der Waals surface area contributed by atoms with Gasteiger partial charge in [-0.05, 0) is 37.7 Å². The molecule has 21 heavy (non-hydrogen) atoms. The summed E-state index contributed by atoms with van der Waals surface area (Å²) in [5.74, 6) is 2.15. The number of hydrogen-bond acceptors (Lipinski definition) is 5. The van der Waals surface area contributed by atoms with Crippen LogP contribution in [0, 0.1) is 5.92 Å². The van der Waals surface area contributed by atoms with Crippen molar-refractivity contribution in [1.82, 2.24) is 9.97 Å². The van der Waals surface area contributed by atoms with E-state index in [9.17, 15) is 0 Å². The third-order valence-electron chi connectivity index (χ3n) is 3.74. The molecule has 0 amide bonds. The predicted molar refractivity (Wildman–Crippen MR) is 93.4 cm³/mol. The van der Waals surface area contributed by atoms with Crippen molar-refractivity contribution in [2.75, 3.05) is 11.5 Å². The van der Waals surface area contributed by atoms with Crippen LogP contribution in [0.1, 0.15) is 30.7 Å². The lowest BCUT2D eigenvalue weighted by Gasteiger charge is -2.17. The highest BCUT2D eigenvalue weighted by Gasteiger charge is 2.23. The van der Waals surface area contributed by atoms with E-state index in [1.165, 1.54) is 16.9 Å². The minimum Gasteiger partial charge on any atom is -0.383 e. The summed E-state index contributed by atoms with van der Waals surface area (Å²) >= 11 is 9.19. The molecular formula is C15H18ClN3S2. The lowest BCUT2D eigenvalue weighted by atomic mass is 9.89. The number of hydrogen-bond donors (Lipinski definition) is 1. The molecule has 3 nitrogen and oxygen atoms in total. The molecule has 112 valence electrons. The molecule has 2 aromatic rings. The average molecular weight is 340 g/mol. The molecule has 1 aliphatic rings. The zero-order valence-electron chi connectivity index (χ0n) is 12.1. The Balaban J connectivity index is 1.95. The van der Waals surface area contributed by atoms with Crippen molar-refractivity contribution < 1.29 is 0 Å². The van der Waals surface area contributed by atoms with Crippen molar-refractivity contribution in [3.8, 4) is 0 Å². The minimum absolute atomic E-state index is 0.626. The number of aromatic nitrogens is 2. The summed E-state index contributed by atoms with van der Waals surface area (Å²) in [6, 6.07) is 0. The van der Waals surface area contributed by atoms with Gasteiger partial charge in [-0.1, -0.05) is 36.4 Å². The molecule has 0 radical (unpaired) electrons. The third kappa shape index (κ3) is 3.20. The zero-order valence-corrected chi connectivity index (χ0v) is 14.5. The number of halogens is 1. The molecule has 1 atom stereocenters. The Morgan fingerprint density at radius 3 is 3.10 bits per heavy atom. The summed E-state index contributed by atoms with van der Waals surface area (Å²) in [5, 5.41) is 2.62. The van der Waals surface area contributed by atoms with Gasteiger partial charge in [0, 0.05) is 15.7 Å². The monoisotopic (exact) mass is 339 g/mol. The molecule has 1 unspecified atom stereocenters. The number of nitrogen functional groups attached to an aromatic ring is 1. The molecule has 0 aromatic carbocycles. The van der Waals surface area contributed by atoms with E-state index in [0.29, 0.717) is 5.82 Å². The second kappa shape index (κ2) is 6.15. The second-order valence-electron chi connectivity index (χ2n) is 5.53. The van der Waals surface area contributed by atoms with Crippen LogP contribution >= 0.6 is 34.7 Å². The van der Waals surface area contributed by atoms with Gasteiger partial charge in [0.25, 0.3) is 0 Å². The minimum atomic E-state index is 0.626. The van der Waals surface area contributed by atoms with Gasteiger partial charge in [-0.25, -0.2) is 9.97 Å². The molecule has 0 saturated carbocycles. The Labute approximate surface area is 138 Å². The first-order valence-corrected chi connectivity index (χ1v) is 9.25. The molecule has 0 aliphatic heterocycles. The van der Waals surface area contributed by atoms with E-state index in [1.807, 2.05) is 13.0 Å². The highest BCUT2D eigenvalue weighted by Crippen LogP contribution is 2.39. The summed E-state index contributed by atoms with van der Waals surface area (Å²) < 4.78 is 0. The second-order valence-corrected chi connectivity index (χ2v) is 8.19. The maximum atomic E-state index is 6.19. The SMILES string of the molecule is CC(Cl)=CCSc1nc(N)c2c3c(sc2n1)CC(C)CC3. The van der Waals surface area contributed by atoms with Crippen LogP contribution in [-0.2, 0) is 12.8 Å². The third-order valence-corrected chi connectivity index (χ3v) is 5.82. The summed E-state index contributed by atoms with van der Waals surface area (Å²) in [5.41, 5.74) is 7.58. The van der Waals surface area contributed by atoms with Crippen molar-refractivity contribution >= 4 is 50.7 Å². The van der Waals surface area contributed by atoms with Crippen molar-refractivity contribution in [3.05, 3.63) is 21.5 Å². The quantitative estimate of drug-likeness (QED) is 0.654. The molecule has 2 N–H and O–H groups in total. The van der Waals surface area contributed by atoms with E-state index in [4.69, 9.17) is 17.3 Å². The van der Waals surface area contributed by atoms with Crippen molar-refractivity contribution in [2.45, 2.75) is 38.3 Å². The van der Waals surface area contributed by atoms with E-state index < -0.39 is 0 Å². The topological polar surface area (TPSA) is 51.8 Å². The number of anilines is 1. The first kappa shape index (κ1) is 15.1. The highest BCUT2D eigenvalue weighted by atomic mass is 35.5. The standard InChI is InChI=1S/C15H18ClN3S2/c1-8-3-4-10-11(7-8)21-14-12(10)13(17)18-15(19-14)20-6-5-9(2)16/h5,8H,3-4,6-7H2,1-2H3,(H2,17,18,19). The van der Waals surface area contributed by atoms with Gasteiger partial charge in [0.05, 0.1) is 5.39 Å². The number of thiophene rings is 1. The lowest BCUT2D eigenvalue weighted by Crippen LogP contribution is -2.09. The van der Waals surface area contributed by atoms with Crippen molar-refractivity contribution in [1.29, 1.82) is 0 Å². The smallest absolute Gasteiger partial charge is 0.191 e. The summed E-state index contributed by atoms with van der Waals surface area (Å²) in [4.78, 5) is 11.6. The van der Waals surface area contributed by atoms with Gasteiger partial charge in [0.15, 0.2) is 5.16 Å². The first-order valence-electron chi connectivity index (χ1n) is 7.07. The molecule has 1 aliphatic carbocycles. The molecule has 2 aromatic heterocycles. The first-order chi connectivity index (χ1) is 10.0. The van der Waals surface area contributed by atoms with E-state index in [-0.39, 0.29) is 0 Å². The molecule has 2 heterocycles. The molecule has 0 spiro atoms. The Morgan fingerprint density at radius 1 is 1.52 bits per heavy atom. The average Bonchev–Trinajstić information content (AvgIpc) is 2.75. The predicted octanol–water partition coefficient (Wildman–Crippen LogP) is 4.63. The Bertz CT molecular complexity index is 704. The molecule has 3 rings (SSSR count). The molecule has 6 heteroatoms. The summed E-state index contributed by atoms with van der Waals surface area (Å²) in [6.07, 6.45) is 5.43. The molecular weight excluding hydrogens is 322 g/mol. The van der Waals surface area contributed by atoms with Gasteiger partial charge < -0.3 is 5.73 Å². The van der Waals surface area contributed by atoms with Crippen LogP contribution in [0.2, 0.25) is 0 Å². The Kier molecular flexibility index (Phi) is 4.43. The highest BCUT2D eigenvalue weighted by molar-refractivity contribution is 7.99. The van der Waals surface area contributed by atoms with Crippen LogP contribution in [-0.4, -0.2) is 15.7 Å². The van der Waals surface area contributed by atoms with Gasteiger partial charge in [-0.15, -0.1) is 11.3 Å². The van der Waals surface area contributed by atoms with E-state index in [2.05, 4.69) is 16.9 Å². The summed E-state index contributed by atoms with van der Waals surface area (Å²) in [6.45, 7) is 4.18. The van der Waals surface area contributed by atoms with Crippen LogP contribution in [0.3, 0.4) is 0 Å². The number of nitrogens with two attached hydrogens (primary N) is 1. The fourth-order valence-electron chi connectivity index (χ4n) is 2.65. The number of allylic oxidation sites excluding steroid dienone is 1. The van der Waals surface area contributed by atoms with Gasteiger partial charge in [0.1, 0.15) is 10.6 Å². The van der Waals surface area contributed by atoms with Gasteiger partial charge >= 0.3 is 0 Å². The Morgan fingerprint density at radius 2 is 2.33 bits per heavy atom. The van der Waals surface area contributed by atoms with Gasteiger partial charge in [-0.3, -0.25) is 0 Å². The molecule has 0 bridgehead atoms. The lowest BCUT2D eigenvalue weighted by molar-refractivity contribution is 0.509. The maximum absolute atomic E-state index is 6.19. The van der Waals surface area contributed by atoms with Crippen molar-refractivity contribution in [2.24, 2.45) is 5.92 Å². The van der Waals surface area contributed by atoms with Crippen LogP contribution in [0.25, 0.3) is 10.2 Å². The number of thioether (sulfide) groups is 1.